The predicted octanol–water partition coefficient (Wildman–Crippen LogP) is 4.94. The van der Waals surface area contributed by atoms with Gasteiger partial charge in [-0.15, -0.1) is 0 Å². The number of benzene rings is 1. The van der Waals surface area contributed by atoms with Gasteiger partial charge >= 0.3 is 6.09 Å². The Kier molecular flexibility index (Phi) is 5.43. The third-order valence-electron chi connectivity index (χ3n) is 7.15. The van der Waals surface area contributed by atoms with E-state index < -0.39 is 5.60 Å². The first kappa shape index (κ1) is 19.8. The summed E-state index contributed by atoms with van der Waals surface area (Å²) in [6, 6.07) is 10.8. The normalized spacial score (nSPS) is 27.6. The Bertz CT molecular complexity index is 658. The number of hydrogen-bond donors (Lipinski definition) is 0. The maximum atomic E-state index is 12.8. The average Bonchev–Trinajstić information content (AvgIpc) is 2.63. The molecule has 2 aliphatic heterocycles. The standard InChI is InChI=1S/C24H36N2O2/c1-23(2,3)28-22(27)26-17-20-15-25(14-19-10-6-4-7-11-19)16-21(18-26)24(20)12-8-5-9-13-24/h4,6-7,10-11,20-21H,5,8-9,12-18H2,1-3H3. The van der Waals surface area contributed by atoms with Crippen LogP contribution in [0.25, 0.3) is 0 Å². The molecule has 2 bridgehead atoms. The molecule has 1 aromatic carbocycles. The van der Waals surface area contributed by atoms with Crippen molar-refractivity contribution in [3.05, 3.63) is 35.9 Å². The van der Waals surface area contributed by atoms with Crippen molar-refractivity contribution in [2.45, 2.75) is 65.0 Å². The Morgan fingerprint density at radius 2 is 1.61 bits per heavy atom. The summed E-state index contributed by atoms with van der Waals surface area (Å²) in [5.41, 5.74) is 1.42. The van der Waals surface area contributed by atoms with Gasteiger partial charge in [0, 0.05) is 32.7 Å². The molecule has 3 fully saturated rings. The molecule has 2 unspecified atom stereocenters. The van der Waals surface area contributed by atoms with E-state index in [2.05, 4.69) is 35.2 Å². The van der Waals surface area contributed by atoms with Crippen molar-refractivity contribution < 1.29 is 9.53 Å². The molecule has 0 aromatic heterocycles. The second kappa shape index (κ2) is 7.70. The van der Waals surface area contributed by atoms with Crippen molar-refractivity contribution in [1.29, 1.82) is 0 Å². The predicted molar refractivity (Wildman–Crippen MR) is 112 cm³/mol. The molecule has 1 aliphatic carbocycles. The molecule has 1 spiro atoms. The van der Waals surface area contributed by atoms with Crippen molar-refractivity contribution in [3.63, 3.8) is 0 Å². The third-order valence-corrected chi connectivity index (χ3v) is 7.15. The fourth-order valence-electron chi connectivity index (χ4n) is 5.95. The monoisotopic (exact) mass is 384 g/mol. The van der Waals surface area contributed by atoms with Crippen LogP contribution in [0.3, 0.4) is 0 Å². The number of likely N-dealkylation sites (tertiary alicyclic amines) is 2. The summed E-state index contributed by atoms with van der Waals surface area (Å²) >= 11 is 0. The number of carbonyl (C=O) groups is 1. The topological polar surface area (TPSA) is 32.8 Å². The van der Waals surface area contributed by atoms with Gasteiger partial charge in [-0.1, -0.05) is 49.6 Å². The zero-order valence-corrected chi connectivity index (χ0v) is 17.8. The minimum atomic E-state index is -0.425. The Balaban J connectivity index is 1.51. The summed E-state index contributed by atoms with van der Waals surface area (Å²) < 4.78 is 5.71. The zero-order valence-electron chi connectivity index (χ0n) is 17.8. The summed E-state index contributed by atoms with van der Waals surface area (Å²) in [5, 5.41) is 0. The van der Waals surface area contributed by atoms with Gasteiger partial charge in [0.25, 0.3) is 0 Å². The highest BCUT2D eigenvalue weighted by Crippen LogP contribution is 2.54. The first-order valence-corrected chi connectivity index (χ1v) is 11.1. The number of amides is 1. The molecule has 4 nitrogen and oxygen atoms in total. The molecule has 0 radical (unpaired) electrons. The SMILES string of the molecule is CC(C)(C)OC(=O)N1CC2CN(Cc3ccccc3)CC(C1)C21CCCCC1. The van der Waals surface area contributed by atoms with E-state index >= 15 is 0 Å². The van der Waals surface area contributed by atoms with Gasteiger partial charge in [0.05, 0.1) is 0 Å². The smallest absolute Gasteiger partial charge is 0.410 e. The van der Waals surface area contributed by atoms with Crippen molar-refractivity contribution in [1.82, 2.24) is 9.80 Å². The largest absolute Gasteiger partial charge is 0.444 e. The number of rotatable bonds is 2. The van der Waals surface area contributed by atoms with Crippen LogP contribution in [0.15, 0.2) is 30.3 Å². The Morgan fingerprint density at radius 3 is 2.18 bits per heavy atom. The van der Waals surface area contributed by atoms with Crippen molar-refractivity contribution in [2.75, 3.05) is 26.2 Å². The van der Waals surface area contributed by atoms with E-state index in [1.54, 1.807) is 0 Å². The first-order chi connectivity index (χ1) is 13.4. The number of hydrogen-bond acceptors (Lipinski definition) is 3. The lowest BCUT2D eigenvalue weighted by Gasteiger charge is -2.60. The Hall–Kier alpha value is -1.55. The quantitative estimate of drug-likeness (QED) is 0.724. The van der Waals surface area contributed by atoms with E-state index in [-0.39, 0.29) is 6.09 Å². The van der Waals surface area contributed by atoms with Crippen LogP contribution in [0.2, 0.25) is 0 Å². The second-order valence-corrected chi connectivity index (χ2v) is 10.3. The summed E-state index contributed by atoms with van der Waals surface area (Å²) in [7, 11) is 0. The Labute approximate surface area is 170 Å². The third kappa shape index (κ3) is 4.07. The highest BCUT2D eigenvalue weighted by atomic mass is 16.6. The van der Waals surface area contributed by atoms with Crippen LogP contribution in [0.1, 0.15) is 58.4 Å². The van der Waals surface area contributed by atoms with Crippen LogP contribution in [0.5, 0.6) is 0 Å². The number of ether oxygens (including phenoxy) is 1. The molecular formula is C24H36N2O2. The van der Waals surface area contributed by atoms with E-state index in [4.69, 9.17) is 4.74 Å². The van der Waals surface area contributed by atoms with E-state index in [9.17, 15) is 4.79 Å². The van der Waals surface area contributed by atoms with Gasteiger partial charge in [-0.05, 0) is 56.4 Å². The zero-order chi connectivity index (χ0) is 19.8. The molecule has 2 heterocycles. The van der Waals surface area contributed by atoms with Crippen molar-refractivity contribution in [3.8, 4) is 0 Å². The van der Waals surface area contributed by atoms with Gasteiger partial charge in [0.1, 0.15) is 5.60 Å². The maximum Gasteiger partial charge on any atom is 0.410 e. The Morgan fingerprint density at radius 1 is 1.00 bits per heavy atom. The van der Waals surface area contributed by atoms with Gasteiger partial charge in [-0.2, -0.15) is 0 Å². The molecule has 1 aromatic rings. The van der Waals surface area contributed by atoms with E-state index in [1.165, 1.54) is 37.7 Å². The van der Waals surface area contributed by atoms with E-state index in [0.29, 0.717) is 17.3 Å². The van der Waals surface area contributed by atoms with Crippen LogP contribution >= 0.6 is 0 Å². The van der Waals surface area contributed by atoms with Gasteiger partial charge in [0.15, 0.2) is 0 Å². The van der Waals surface area contributed by atoms with Crippen LogP contribution < -0.4 is 0 Å². The summed E-state index contributed by atoms with van der Waals surface area (Å²) in [6.07, 6.45) is 6.68. The van der Waals surface area contributed by atoms with E-state index in [0.717, 1.165) is 32.7 Å². The molecule has 2 atom stereocenters. The van der Waals surface area contributed by atoms with Crippen LogP contribution in [-0.4, -0.2) is 47.7 Å². The molecule has 1 saturated carbocycles. The summed E-state index contributed by atoms with van der Waals surface area (Å²) in [5.74, 6) is 1.13. The first-order valence-electron chi connectivity index (χ1n) is 11.1. The number of carbonyl (C=O) groups excluding carboxylic acids is 1. The molecule has 28 heavy (non-hydrogen) atoms. The second-order valence-electron chi connectivity index (χ2n) is 10.3. The molecular weight excluding hydrogens is 348 g/mol. The molecule has 4 rings (SSSR count). The lowest BCUT2D eigenvalue weighted by Crippen LogP contribution is -2.64. The minimum Gasteiger partial charge on any atom is -0.444 e. The van der Waals surface area contributed by atoms with Crippen LogP contribution in [0, 0.1) is 17.3 Å². The highest BCUT2D eigenvalue weighted by molar-refractivity contribution is 5.68. The molecule has 0 N–H and O–H groups in total. The van der Waals surface area contributed by atoms with E-state index in [1.807, 2.05) is 25.7 Å². The summed E-state index contributed by atoms with van der Waals surface area (Å²) in [6.45, 7) is 10.8. The average molecular weight is 385 g/mol. The van der Waals surface area contributed by atoms with Crippen LogP contribution in [0.4, 0.5) is 4.79 Å². The molecule has 154 valence electrons. The van der Waals surface area contributed by atoms with Gasteiger partial charge < -0.3 is 9.64 Å². The lowest BCUT2D eigenvalue weighted by atomic mass is 9.55. The molecule has 1 amide bonds. The van der Waals surface area contributed by atoms with Gasteiger partial charge in [-0.25, -0.2) is 4.79 Å². The minimum absolute atomic E-state index is 0.121. The lowest BCUT2D eigenvalue weighted by molar-refractivity contribution is -0.111. The fourth-order valence-corrected chi connectivity index (χ4v) is 5.95. The summed E-state index contributed by atoms with van der Waals surface area (Å²) in [4.78, 5) is 17.4. The van der Waals surface area contributed by atoms with Crippen molar-refractivity contribution in [2.24, 2.45) is 17.3 Å². The molecule has 4 heteroatoms. The number of nitrogens with zero attached hydrogens (tertiary/aromatic N) is 2. The molecule has 2 saturated heterocycles. The fraction of sp³-hybridized carbons (Fsp3) is 0.708. The van der Waals surface area contributed by atoms with Gasteiger partial charge in [0.2, 0.25) is 0 Å². The molecule has 3 aliphatic rings. The number of piperidine rings is 2. The van der Waals surface area contributed by atoms with Gasteiger partial charge in [-0.3, -0.25) is 4.90 Å². The van der Waals surface area contributed by atoms with Crippen molar-refractivity contribution >= 4 is 6.09 Å². The van der Waals surface area contributed by atoms with Crippen LogP contribution in [-0.2, 0) is 11.3 Å². The highest BCUT2D eigenvalue weighted by Gasteiger charge is 2.54. The maximum absolute atomic E-state index is 12.8.